The summed E-state index contributed by atoms with van der Waals surface area (Å²) in [5.74, 6) is 0.0859. The van der Waals surface area contributed by atoms with Crippen LogP contribution < -0.4 is 19.6 Å². The molecule has 4 aromatic carbocycles. The number of hydrogen-bond donors (Lipinski definition) is 1. The molecule has 0 aromatic heterocycles. The Morgan fingerprint density at radius 2 is 1.68 bits per heavy atom. The maximum atomic E-state index is 12.5. The average molecular weight is 537 g/mol. The van der Waals surface area contributed by atoms with Gasteiger partial charge in [-0.2, -0.15) is 5.10 Å². The zero-order valence-corrected chi connectivity index (χ0v) is 21.4. The van der Waals surface area contributed by atoms with Crippen LogP contribution in [0.1, 0.15) is 22.8 Å². The van der Waals surface area contributed by atoms with Gasteiger partial charge in [-0.25, -0.2) is 10.2 Å². The van der Waals surface area contributed by atoms with Crippen molar-refractivity contribution in [3.05, 3.63) is 100 Å². The quantitative estimate of drug-likeness (QED) is 0.124. The maximum absolute atomic E-state index is 12.5. The van der Waals surface area contributed by atoms with E-state index < -0.39 is 18.0 Å². The molecule has 4 aromatic rings. The molecule has 1 amide bonds. The highest BCUT2D eigenvalue weighted by atomic mass is 35.5. The third-order valence-corrected chi connectivity index (χ3v) is 6.10. The number of amides is 1. The molecule has 0 aliphatic rings. The molecule has 0 aliphatic carbocycles. The third kappa shape index (κ3) is 6.39. The summed E-state index contributed by atoms with van der Waals surface area (Å²) in [6.45, 7) is 1.65. The largest absolute Gasteiger partial charge is 0.493 e. The van der Waals surface area contributed by atoms with Crippen molar-refractivity contribution < 1.29 is 23.8 Å². The van der Waals surface area contributed by atoms with Gasteiger partial charge in [0.05, 0.1) is 28.9 Å². The molecule has 1 unspecified atom stereocenters. The first-order valence-corrected chi connectivity index (χ1v) is 11.9. The SMILES string of the molecule is COc1cc(/C=N/NC(=O)C(C)Oc2cccc3ccccc23)ccc1OC(=O)c1ccc(Cl)c(Cl)c1. The molecule has 188 valence electrons. The van der Waals surface area contributed by atoms with Gasteiger partial charge in [0.1, 0.15) is 5.75 Å². The number of benzene rings is 4. The Morgan fingerprint density at radius 3 is 2.46 bits per heavy atom. The Labute approximate surface area is 223 Å². The fourth-order valence-electron chi connectivity index (χ4n) is 3.43. The number of halogens is 2. The van der Waals surface area contributed by atoms with E-state index in [1.165, 1.54) is 31.5 Å². The zero-order chi connectivity index (χ0) is 26.4. The highest BCUT2D eigenvalue weighted by Crippen LogP contribution is 2.30. The van der Waals surface area contributed by atoms with Gasteiger partial charge in [0.15, 0.2) is 17.6 Å². The van der Waals surface area contributed by atoms with Crippen molar-refractivity contribution in [2.24, 2.45) is 5.10 Å². The number of carbonyl (C=O) groups is 2. The molecule has 1 atom stereocenters. The van der Waals surface area contributed by atoms with Gasteiger partial charge >= 0.3 is 5.97 Å². The minimum atomic E-state index is -0.777. The van der Waals surface area contributed by atoms with Gasteiger partial charge in [-0.3, -0.25) is 4.79 Å². The van der Waals surface area contributed by atoms with E-state index in [9.17, 15) is 9.59 Å². The van der Waals surface area contributed by atoms with Crippen LogP contribution in [0, 0.1) is 0 Å². The third-order valence-electron chi connectivity index (χ3n) is 5.36. The number of fused-ring (bicyclic) bond motifs is 1. The van der Waals surface area contributed by atoms with Crippen molar-refractivity contribution >= 4 is 52.1 Å². The van der Waals surface area contributed by atoms with Crippen LogP contribution in [-0.2, 0) is 4.79 Å². The normalized spacial score (nSPS) is 11.8. The smallest absolute Gasteiger partial charge is 0.343 e. The van der Waals surface area contributed by atoms with Crippen molar-refractivity contribution in [2.75, 3.05) is 7.11 Å². The molecule has 0 fully saturated rings. The van der Waals surface area contributed by atoms with Crippen LogP contribution in [-0.4, -0.2) is 31.3 Å². The van der Waals surface area contributed by atoms with E-state index in [4.69, 9.17) is 37.4 Å². The molecular formula is C28H22Cl2N2O5. The van der Waals surface area contributed by atoms with Crippen molar-refractivity contribution in [3.8, 4) is 17.2 Å². The molecular weight excluding hydrogens is 515 g/mol. The molecule has 0 heterocycles. The Kier molecular flexibility index (Phi) is 8.28. The van der Waals surface area contributed by atoms with Gasteiger partial charge < -0.3 is 14.2 Å². The molecule has 4 rings (SSSR count). The van der Waals surface area contributed by atoms with Gasteiger partial charge in [0.25, 0.3) is 5.91 Å². The number of esters is 1. The van der Waals surface area contributed by atoms with Gasteiger partial charge in [-0.15, -0.1) is 0 Å². The summed E-state index contributed by atoms with van der Waals surface area (Å²) in [4.78, 5) is 25.0. The van der Waals surface area contributed by atoms with E-state index in [-0.39, 0.29) is 16.3 Å². The molecule has 0 saturated heterocycles. The highest BCUT2D eigenvalue weighted by Gasteiger charge is 2.16. The minimum Gasteiger partial charge on any atom is -0.493 e. The number of nitrogens with one attached hydrogen (secondary N) is 1. The summed E-state index contributed by atoms with van der Waals surface area (Å²) >= 11 is 11.9. The lowest BCUT2D eigenvalue weighted by atomic mass is 10.1. The first-order chi connectivity index (χ1) is 17.9. The van der Waals surface area contributed by atoms with E-state index in [1.807, 2.05) is 42.5 Å². The second-order valence-electron chi connectivity index (χ2n) is 7.90. The lowest BCUT2D eigenvalue weighted by Crippen LogP contribution is -2.33. The Balaban J connectivity index is 1.38. The molecule has 0 aliphatic heterocycles. The summed E-state index contributed by atoms with van der Waals surface area (Å²) in [6.07, 6.45) is 0.663. The van der Waals surface area contributed by atoms with Gasteiger partial charge in [-0.1, -0.05) is 59.6 Å². The summed E-state index contributed by atoms with van der Waals surface area (Å²) in [7, 11) is 1.45. The van der Waals surface area contributed by atoms with E-state index in [0.717, 1.165) is 10.8 Å². The summed E-state index contributed by atoms with van der Waals surface area (Å²) in [5.41, 5.74) is 3.32. The van der Waals surface area contributed by atoms with E-state index >= 15 is 0 Å². The highest BCUT2D eigenvalue weighted by molar-refractivity contribution is 6.42. The van der Waals surface area contributed by atoms with Gasteiger partial charge in [0, 0.05) is 5.39 Å². The number of hydrogen-bond acceptors (Lipinski definition) is 6. The summed E-state index contributed by atoms with van der Waals surface area (Å²) in [5, 5.41) is 6.52. The second-order valence-corrected chi connectivity index (χ2v) is 8.71. The number of nitrogens with zero attached hydrogens (tertiary/aromatic N) is 1. The summed E-state index contributed by atoms with van der Waals surface area (Å²) in [6, 6.07) is 22.7. The zero-order valence-electron chi connectivity index (χ0n) is 19.9. The maximum Gasteiger partial charge on any atom is 0.343 e. The van der Waals surface area contributed by atoms with Crippen LogP contribution >= 0.6 is 23.2 Å². The number of methoxy groups -OCH3 is 1. The number of carbonyl (C=O) groups excluding carboxylic acids is 2. The average Bonchev–Trinajstić information content (AvgIpc) is 2.91. The Morgan fingerprint density at radius 1 is 0.892 bits per heavy atom. The predicted octanol–water partition coefficient (Wildman–Crippen LogP) is 6.29. The molecule has 0 bridgehead atoms. The van der Waals surface area contributed by atoms with Gasteiger partial charge in [0.2, 0.25) is 0 Å². The molecule has 0 spiro atoms. The predicted molar refractivity (Wildman–Crippen MR) is 144 cm³/mol. The fraction of sp³-hybridized carbons (Fsp3) is 0.107. The van der Waals surface area contributed by atoms with E-state index in [0.29, 0.717) is 22.1 Å². The molecule has 7 nitrogen and oxygen atoms in total. The second kappa shape index (κ2) is 11.8. The van der Waals surface area contributed by atoms with Crippen molar-refractivity contribution in [1.82, 2.24) is 5.43 Å². The molecule has 37 heavy (non-hydrogen) atoms. The van der Waals surface area contributed by atoms with Crippen LogP contribution in [0.4, 0.5) is 0 Å². The number of ether oxygens (including phenoxy) is 3. The molecule has 9 heteroatoms. The lowest BCUT2D eigenvalue weighted by Gasteiger charge is -2.14. The van der Waals surface area contributed by atoms with Crippen molar-refractivity contribution in [1.29, 1.82) is 0 Å². The van der Waals surface area contributed by atoms with Gasteiger partial charge in [-0.05, 0) is 60.3 Å². The first-order valence-electron chi connectivity index (χ1n) is 11.2. The van der Waals surface area contributed by atoms with Crippen LogP contribution in [0.15, 0.2) is 84.0 Å². The number of rotatable bonds is 8. The van der Waals surface area contributed by atoms with Crippen LogP contribution in [0.5, 0.6) is 17.2 Å². The monoisotopic (exact) mass is 536 g/mol. The molecule has 0 radical (unpaired) electrons. The van der Waals surface area contributed by atoms with E-state index in [2.05, 4.69) is 10.5 Å². The molecule has 0 saturated carbocycles. The Hall–Kier alpha value is -4.07. The van der Waals surface area contributed by atoms with Crippen LogP contribution in [0.3, 0.4) is 0 Å². The summed E-state index contributed by atoms with van der Waals surface area (Å²) < 4.78 is 16.6. The minimum absolute atomic E-state index is 0.205. The van der Waals surface area contributed by atoms with Crippen LogP contribution in [0.25, 0.3) is 10.8 Å². The van der Waals surface area contributed by atoms with Crippen molar-refractivity contribution in [3.63, 3.8) is 0 Å². The fourth-order valence-corrected chi connectivity index (χ4v) is 3.73. The topological polar surface area (TPSA) is 86.2 Å². The molecule has 1 N–H and O–H groups in total. The Bertz CT molecular complexity index is 1480. The first kappa shape index (κ1) is 26.0. The van der Waals surface area contributed by atoms with E-state index in [1.54, 1.807) is 25.1 Å². The van der Waals surface area contributed by atoms with Crippen LogP contribution in [0.2, 0.25) is 10.0 Å². The number of hydrazone groups is 1. The standard InChI is InChI=1S/C28H22Cl2N2O5/c1-17(36-24-9-5-7-19-6-3-4-8-21(19)24)27(33)32-31-16-18-10-13-25(26(14-18)35-2)37-28(34)20-11-12-22(29)23(30)15-20/h3-17H,1-2H3,(H,32,33)/b31-16+. The lowest BCUT2D eigenvalue weighted by molar-refractivity contribution is -0.127. The van der Waals surface area contributed by atoms with Crippen molar-refractivity contribution in [2.45, 2.75) is 13.0 Å².